The fourth-order valence-electron chi connectivity index (χ4n) is 3.31. The molecule has 0 aliphatic rings. The molecule has 2 aromatic carbocycles. The maximum atomic E-state index is 14.6. The van der Waals surface area contributed by atoms with Crippen LogP contribution in [0.3, 0.4) is 0 Å². The van der Waals surface area contributed by atoms with Crippen LogP contribution in [0.2, 0.25) is 10.0 Å². The molecule has 0 saturated carbocycles. The van der Waals surface area contributed by atoms with Gasteiger partial charge in [-0.3, -0.25) is 9.59 Å². The second kappa shape index (κ2) is 13.2. The van der Waals surface area contributed by atoms with Crippen LogP contribution in [0.4, 0.5) is 10.1 Å². The highest BCUT2D eigenvalue weighted by molar-refractivity contribution is 7.90. The van der Waals surface area contributed by atoms with Crippen LogP contribution in [0.25, 0.3) is 0 Å². The zero-order valence-corrected chi connectivity index (χ0v) is 23.0. The van der Waals surface area contributed by atoms with Gasteiger partial charge in [0.15, 0.2) is 0 Å². The number of nitrogens with one attached hydrogen (secondary N) is 1. The van der Waals surface area contributed by atoms with E-state index in [-0.39, 0.29) is 17.3 Å². The summed E-state index contributed by atoms with van der Waals surface area (Å²) in [7, 11) is -1.69. The van der Waals surface area contributed by atoms with Crippen LogP contribution in [0.15, 0.2) is 42.5 Å². The smallest absolute Gasteiger partial charge is 0.304 e. The van der Waals surface area contributed by atoms with Crippen molar-refractivity contribution in [2.24, 2.45) is 0 Å². The fraction of sp³-hybridized carbons (Fsp3) is 0.417. The zero-order valence-electron chi connectivity index (χ0n) is 20.7. The lowest BCUT2D eigenvalue weighted by Gasteiger charge is -2.33. The summed E-state index contributed by atoms with van der Waals surface area (Å²) in [5, 5.41) is 3.38. The summed E-state index contributed by atoms with van der Waals surface area (Å²) in [6, 6.07) is 9.10. The molecule has 1 atom stereocenters. The Morgan fingerprint density at radius 2 is 1.75 bits per heavy atom. The maximum absolute atomic E-state index is 14.6. The molecule has 0 heterocycles. The van der Waals surface area contributed by atoms with E-state index in [1.165, 1.54) is 37.2 Å². The third-order valence-electron chi connectivity index (χ3n) is 5.47. The number of nitrogens with zero attached hydrogens (tertiary/aromatic N) is 3. The molecule has 0 aliphatic carbocycles. The molecule has 36 heavy (non-hydrogen) atoms. The van der Waals surface area contributed by atoms with Gasteiger partial charge in [0, 0.05) is 27.2 Å². The summed E-state index contributed by atoms with van der Waals surface area (Å²) in [5.41, 5.74) is 0.299. The van der Waals surface area contributed by atoms with Gasteiger partial charge in [-0.15, -0.1) is 0 Å². The third kappa shape index (κ3) is 7.55. The number of benzene rings is 2. The predicted molar refractivity (Wildman–Crippen MR) is 141 cm³/mol. The SMILES string of the molecule is CCCCNC(=O)C(C)N(Cc1ccc(Cl)c(Cl)c1)C(=O)CN(c1ccccc1F)S(=O)(=O)N(C)C. The summed E-state index contributed by atoms with van der Waals surface area (Å²) in [6.07, 6.45) is 1.64. The molecule has 2 aromatic rings. The van der Waals surface area contributed by atoms with E-state index >= 15 is 0 Å². The molecule has 0 bridgehead atoms. The minimum Gasteiger partial charge on any atom is -0.354 e. The van der Waals surface area contributed by atoms with E-state index in [0.717, 1.165) is 23.2 Å². The molecular formula is C24H31Cl2FN4O4S. The first kappa shape index (κ1) is 29.8. The van der Waals surface area contributed by atoms with Crippen molar-refractivity contribution in [3.8, 4) is 0 Å². The summed E-state index contributed by atoms with van der Waals surface area (Å²) in [4.78, 5) is 27.7. The lowest BCUT2D eigenvalue weighted by molar-refractivity contribution is -0.139. The van der Waals surface area contributed by atoms with E-state index in [2.05, 4.69) is 5.32 Å². The number of halogens is 3. The van der Waals surface area contributed by atoms with E-state index in [0.29, 0.717) is 21.4 Å². The van der Waals surface area contributed by atoms with Gasteiger partial charge in [-0.25, -0.2) is 8.70 Å². The van der Waals surface area contributed by atoms with E-state index < -0.39 is 40.4 Å². The summed E-state index contributed by atoms with van der Waals surface area (Å²) >= 11 is 12.1. The molecule has 0 radical (unpaired) electrons. The largest absolute Gasteiger partial charge is 0.354 e. The van der Waals surface area contributed by atoms with Gasteiger partial charge in [-0.05, 0) is 43.2 Å². The van der Waals surface area contributed by atoms with Crippen molar-refractivity contribution >= 4 is 50.9 Å². The summed E-state index contributed by atoms with van der Waals surface area (Å²) in [5.74, 6) is -1.91. The molecule has 0 saturated heterocycles. The van der Waals surface area contributed by atoms with Crippen molar-refractivity contribution in [2.45, 2.75) is 39.3 Å². The number of para-hydroxylation sites is 1. The second-order valence-electron chi connectivity index (χ2n) is 8.34. The first-order valence-corrected chi connectivity index (χ1v) is 13.5. The average Bonchev–Trinajstić information content (AvgIpc) is 2.83. The van der Waals surface area contributed by atoms with Gasteiger partial charge in [0.2, 0.25) is 11.8 Å². The van der Waals surface area contributed by atoms with E-state index in [4.69, 9.17) is 23.2 Å². The first-order valence-electron chi connectivity index (χ1n) is 11.4. The standard InChI is InChI=1S/C24H31Cl2FN4O4S/c1-5-6-13-28-24(33)17(2)30(15-18-11-12-19(25)20(26)14-18)23(32)16-31(36(34,35)29(3)4)22-10-8-7-9-21(22)27/h7-12,14,17H,5-6,13,15-16H2,1-4H3,(H,28,33). The number of unbranched alkanes of at least 4 members (excludes halogenated alkanes) is 1. The second-order valence-corrected chi connectivity index (χ2v) is 11.2. The Bertz CT molecular complexity index is 1180. The Balaban J connectivity index is 2.45. The molecule has 2 amide bonds. The number of hydrogen-bond acceptors (Lipinski definition) is 4. The van der Waals surface area contributed by atoms with Gasteiger partial charge in [0.1, 0.15) is 18.4 Å². The number of carbonyl (C=O) groups excluding carboxylic acids is 2. The number of rotatable bonds is 12. The van der Waals surface area contributed by atoms with Crippen molar-refractivity contribution in [3.05, 3.63) is 63.9 Å². The van der Waals surface area contributed by atoms with Gasteiger partial charge in [-0.1, -0.05) is 54.7 Å². The third-order valence-corrected chi connectivity index (χ3v) is 8.02. The lowest BCUT2D eigenvalue weighted by atomic mass is 10.1. The number of amides is 2. The molecule has 12 heteroatoms. The normalized spacial score (nSPS) is 12.3. The van der Waals surface area contributed by atoms with Crippen LogP contribution in [0, 0.1) is 5.82 Å². The number of carbonyl (C=O) groups is 2. The van der Waals surface area contributed by atoms with Crippen molar-refractivity contribution in [3.63, 3.8) is 0 Å². The van der Waals surface area contributed by atoms with Crippen LogP contribution >= 0.6 is 23.2 Å². The average molecular weight is 562 g/mol. The van der Waals surface area contributed by atoms with Gasteiger partial charge >= 0.3 is 10.2 Å². The molecule has 0 fully saturated rings. The molecular weight excluding hydrogens is 530 g/mol. The highest BCUT2D eigenvalue weighted by atomic mass is 35.5. The Morgan fingerprint density at radius 1 is 1.08 bits per heavy atom. The molecule has 2 rings (SSSR count). The van der Waals surface area contributed by atoms with Gasteiger partial charge < -0.3 is 10.2 Å². The molecule has 0 spiro atoms. The first-order chi connectivity index (χ1) is 16.9. The molecule has 0 aliphatic heterocycles. The molecule has 198 valence electrons. The van der Waals surface area contributed by atoms with Crippen molar-refractivity contribution in [1.82, 2.24) is 14.5 Å². The Hall–Kier alpha value is -2.40. The lowest BCUT2D eigenvalue weighted by Crippen LogP contribution is -2.52. The van der Waals surface area contributed by atoms with Crippen LogP contribution in [0.1, 0.15) is 32.3 Å². The molecule has 8 nitrogen and oxygen atoms in total. The molecule has 1 N–H and O–H groups in total. The zero-order chi connectivity index (χ0) is 27.0. The number of anilines is 1. The Morgan fingerprint density at radius 3 is 2.33 bits per heavy atom. The molecule has 0 aromatic heterocycles. The van der Waals surface area contributed by atoms with Gasteiger partial charge in [0.05, 0.1) is 15.7 Å². The van der Waals surface area contributed by atoms with Crippen molar-refractivity contribution in [1.29, 1.82) is 0 Å². The van der Waals surface area contributed by atoms with Crippen LogP contribution in [0.5, 0.6) is 0 Å². The minimum atomic E-state index is -4.25. The fourth-order valence-corrected chi connectivity index (χ4v) is 4.69. The topological polar surface area (TPSA) is 90.0 Å². The monoisotopic (exact) mass is 560 g/mol. The van der Waals surface area contributed by atoms with Gasteiger partial charge in [-0.2, -0.15) is 12.7 Å². The van der Waals surface area contributed by atoms with Gasteiger partial charge in [0.25, 0.3) is 0 Å². The van der Waals surface area contributed by atoms with E-state index in [1.54, 1.807) is 25.1 Å². The quantitative estimate of drug-likeness (QED) is 0.396. The van der Waals surface area contributed by atoms with Crippen LogP contribution < -0.4 is 9.62 Å². The van der Waals surface area contributed by atoms with Crippen molar-refractivity contribution in [2.75, 3.05) is 31.5 Å². The predicted octanol–water partition coefficient (Wildman–Crippen LogP) is 4.08. The van der Waals surface area contributed by atoms with E-state index in [1.807, 2.05) is 6.92 Å². The van der Waals surface area contributed by atoms with Crippen LogP contribution in [-0.2, 0) is 26.3 Å². The molecule has 1 unspecified atom stereocenters. The maximum Gasteiger partial charge on any atom is 0.304 e. The Labute approximate surface area is 222 Å². The highest BCUT2D eigenvalue weighted by Gasteiger charge is 2.33. The van der Waals surface area contributed by atoms with E-state index in [9.17, 15) is 22.4 Å². The Kier molecular flexibility index (Phi) is 11.0. The minimum absolute atomic E-state index is 0.0504. The highest BCUT2D eigenvalue weighted by Crippen LogP contribution is 2.26. The summed E-state index contributed by atoms with van der Waals surface area (Å²) in [6.45, 7) is 3.19. The number of hydrogen-bond donors (Lipinski definition) is 1. The van der Waals surface area contributed by atoms with Crippen LogP contribution in [-0.4, -0.2) is 62.7 Å². The summed E-state index contributed by atoms with van der Waals surface area (Å²) < 4.78 is 42.3. The van der Waals surface area contributed by atoms with Crippen molar-refractivity contribution < 1.29 is 22.4 Å².